The van der Waals surface area contributed by atoms with Gasteiger partial charge in [-0.15, -0.1) is 11.8 Å². The smallest absolute Gasteiger partial charge is 0.126 e. The summed E-state index contributed by atoms with van der Waals surface area (Å²) in [6.07, 6.45) is 0.384. The van der Waals surface area contributed by atoms with E-state index in [1.165, 1.54) is 23.9 Å². The third kappa shape index (κ3) is 3.98. The quantitative estimate of drug-likeness (QED) is 0.598. The molecule has 1 aromatic carbocycles. The van der Waals surface area contributed by atoms with Crippen molar-refractivity contribution in [3.8, 4) is 0 Å². The molecule has 0 amide bonds. The minimum absolute atomic E-state index is 0.312. The lowest BCUT2D eigenvalue weighted by atomic mass is 10.3. The second-order valence-electron chi connectivity index (χ2n) is 3.21. The van der Waals surface area contributed by atoms with Gasteiger partial charge in [0.15, 0.2) is 0 Å². The molecule has 2 nitrogen and oxygen atoms in total. The average Bonchev–Trinajstić information content (AvgIpc) is 2.01. The fourth-order valence-electron chi connectivity index (χ4n) is 1.02. The van der Waals surface area contributed by atoms with Crippen LogP contribution in [-0.2, 0) is 0 Å². The van der Waals surface area contributed by atoms with E-state index >= 15 is 0 Å². The third-order valence-corrected chi connectivity index (χ3v) is 2.71. The van der Waals surface area contributed by atoms with E-state index in [9.17, 15) is 4.39 Å². The molecular formula is C10H14FNOS. The number of nitrogen functional groups attached to an aromatic ring is 1. The molecule has 0 aromatic heterocycles. The van der Waals surface area contributed by atoms with Gasteiger partial charge in [0.1, 0.15) is 5.82 Å². The topological polar surface area (TPSA) is 46.2 Å². The first kappa shape index (κ1) is 11.3. The van der Waals surface area contributed by atoms with Gasteiger partial charge in [0.2, 0.25) is 0 Å². The van der Waals surface area contributed by atoms with E-state index in [0.717, 1.165) is 10.6 Å². The summed E-state index contributed by atoms with van der Waals surface area (Å²) in [4.78, 5) is 0.808. The van der Waals surface area contributed by atoms with Crippen LogP contribution in [0.3, 0.4) is 0 Å². The number of aliphatic hydroxyl groups excluding tert-OH is 1. The second-order valence-corrected chi connectivity index (χ2v) is 4.37. The molecule has 0 heterocycles. The van der Waals surface area contributed by atoms with Crippen LogP contribution in [0.2, 0.25) is 0 Å². The molecule has 14 heavy (non-hydrogen) atoms. The first-order valence-corrected chi connectivity index (χ1v) is 5.43. The van der Waals surface area contributed by atoms with Crippen molar-refractivity contribution in [2.75, 3.05) is 11.5 Å². The van der Waals surface area contributed by atoms with Crippen LogP contribution in [0.5, 0.6) is 0 Å². The van der Waals surface area contributed by atoms with Crippen molar-refractivity contribution in [1.82, 2.24) is 0 Å². The molecule has 3 N–H and O–H groups in total. The molecule has 1 rings (SSSR count). The maximum Gasteiger partial charge on any atom is 0.126 e. The van der Waals surface area contributed by atoms with Gasteiger partial charge in [-0.25, -0.2) is 4.39 Å². The molecule has 1 aromatic rings. The lowest BCUT2D eigenvalue weighted by Crippen LogP contribution is -2.00. The minimum atomic E-state index is -0.315. The summed E-state index contributed by atoms with van der Waals surface area (Å²) in [5, 5.41) is 9.03. The highest BCUT2D eigenvalue weighted by Crippen LogP contribution is 2.22. The molecule has 1 unspecified atom stereocenters. The summed E-state index contributed by atoms with van der Waals surface area (Å²) < 4.78 is 12.9. The maximum atomic E-state index is 12.9. The Hall–Kier alpha value is -0.740. The van der Waals surface area contributed by atoms with E-state index < -0.39 is 0 Å². The maximum absolute atomic E-state index is 12.9. The number of nitrogens with two attached hydrogens (primary N) is 1. The number of hydrogen-bond donors (Lipinski definition) is 2. The number of hydrogen-bond acceptors (Lipinski definition) is 3. The van der Waals surface area contributed by atoms with Gasteiger partial charge in [-0.2, -0.15) is 0 Å². The van der Waals surface area contributed by atoms with Crippen LogP contribution in [0, 0.1) is 5.82 Å². The molecular weight excluding hydrogens is 201 g/mol. The third-order valence-electron chi connectivity index (χ3n) is 1.70. The molecule has 78 valence electrons. The van der Waals surface area contributed by atoms with Crippen molar-refractivity contribution in [3.63, 3.8) is 0 Å². The van der Waals surface area contributed by atoms with Gasteiger partial charge in [0.25, 0.3) is 0 Å². The van der Waals surface area contributed by atoms with Crippen LogP contribution in [0.4, 0.5) is 10.1 Å². The van der Waals surface area contributed by atoms with Gasteiger partial charge in [0, 0.05) is 16.3 Å². The molecule has 0 aliphatic rings. The molecule has 0 spiro atoms. The number of thioether (sulfide) groups is 1. The van der Waals surface area contributed by atoms with Crippen molar-refractivity contribution in [3.05, 3.63) is 24.0 Å². The largest absolute Gasteiger partial charge is 0.399 e. The van der Waals surface area contributed by atoms with Gasteiger partial charge in [-0.05, 0) is 31.5 Å². The van der Waals surface area contributed by atoms with E-state index in [0.29, 0.717) is 12.1 Å². The van der Waals surface area contributed by atoms with E-state index in [-0.39, 0.29) is 11.9 Å². The zero-order valence-corrected chi connectivity index (χ0v) is 8.85. The fraction of sp³-hybridized carbons (Fsp3) is 0.400. The Morgan fingerprint density at radius 1 is 1.50 bits per heavy atom. The van der Waals surface area contributed by atoms with Gasteiger partial charge in [0.05, 0.1) is 6.10 Å². The first-order valence-electron chi connectivity index (χ1n) is 4.45. The van der Waals surface area contributed by atoms with Crippen LogP contribution >= 0.6 is 11.8 Å². The molecule has 0 saturated heterocycles. The predicted molar refractivity (Wildman–Crippen MR) is 57.8 cm³/mol. The highest BCUT2D eigenvalue weighted by atomic mass is 32.2. The van der Waals surface area contributed by atoms with Crippen molar-refractivity contribution in [2.45, 2.75) is 24.3 Å². The lowest BCUT2D eigenvalue weighted by Gasteiger charge is -2.04. The standard InChI is InChI=1S/C10H14FNOS/c1-7(13)2-3-14-10-5-8(11)4-9(12)6-10/h4-7,13H,2-3,12H2,1H3. The zero-order valence-electron chi connectivity index (χ0n) is 8.03. The van der Waals surface area contributed by atoms with Crippen LogP contribution in [0.1, 0.15) is 13.3 Å². The molecule has 0 saturated carbocycles. The lowest BCUT2D eigenvalue weighted by molar-refractivity contribution is 0.192. The van der Waals surface area contributed by atoms with Gasteiger partial charge in [-0.1, -0.05) is 0 Å². The number of anilines is 1. The molecule has 4 heteroatoms. The van der Waals surface area contributed by atoms with Crippen LogP contribution in [0.15, 0.2) is 23.1 Å². The Morgan fingerprint density at radius 2 is 2.21 bits per heavy atom. The minimum Gasteiger partial charge on any atom is -0.399 e. The van der Waals surface area contributed by atoms with E-state index in [1.807, 2.05) is 0 Å². The Morgan fingerprint density at radius 3 is 2.79 bits per heavy atom. The molecule has 0 aliphatic carbocycles. The van der Waals surface area contributed by atoms with Crippen LogP contribution in [-0.4, -0.2) is 17.0 Å². The number of halogens is 1. The highest BCUT2D eigenvalue weighted by Gasteiger charge is 2.00. The predicted octanol–water partition coefficient (Wildman–Crippen LogP) is 2.27. The molecule has 0 fully saturated rings. The first-order chi connectivity index (χ1) is 6.58. The molecule has 0 radical (unpaired) electrons. The van der Waals surface area contributed by atoms with E-state index in [1.54, 1.807) is 13.0 Å². The van der Waals surface area contributed by atoms with Crippen molar-refractivity contribution in [2.24, 2.45) is 0 Å². The Labute approximate surface area is 87.3 Å². The number of benzene rings is 1. The summed E-state index contributed by atoms with van der Waals surface area (Å²) >= 11 is 1.50. The molecule has 1 atom stereocenters. The van der Waals surface area contributed by atoms with Gasteiger partial charge < -0.3 is 10.8 Å². The summed E-state index contributed by atoms with van der Waals surface area (Å²) in [5.74, 6) is 0.449. The van der Waals surface area contributed by atoms with Crippen molar-refractivity contribution >= 4 is 17.4 Å². The summed E-state index contributed by atoms with van der Waals surface area (Å²) in [5.41, 5.74) is 5.92. The van der Waals surface area contributed by atoms with Gasteiger partial charge >= 0.3 is 0 Å². The normalized spacial score (nSPS) is 12.8. The molecule has 0 aliphatic heterocycles. The van der Waals surface area contributed by atoms with Crippen molar-refractivity contribution < 1.29 is 9.50 Å². The van der Waals surface area contributed by atoms with Gasteiger partial charge in [-0.3, -0.25) is 0 Å². The second kappa shape index (κ2) is 5.22. The van der Waals surface area contributed by atoms with E-state index in [4.69, 9.17) is 10.8 Å². The summed E-state index contributed by atoms with van der Waals surface area (Å²) in [7, 11) is 0. The molecule has 0 bridgehead atoms. The van der Waals surface area contributed by atoms with Crippen molar-refractivity contribution in [1.29, 1.82) is 0 Å². The zero-order chi connectivity index (χ0) is 10.6. The number of rotatable bonds is 4. The fourth-order valence-corrected chi connectivity index (χ4v) is 2.13. The summed E-state index contributed by atoms with van der Waals surface area (Å²) in [6, 6.07) is 4.47. The monoisotopic (exact) mass is 215 g/mol. The number of aliphatic hydroxyl groups is 1. The van der Waals surface area contributed by atoms with Crippen LogP contribution in [0.25, 0.3) is 0 Å². The Balaban J connectivity index is 2.50. The van der Waals surface area contributed by atoms with Crippen LogP contribution < -0.4 is 5.73 Å². The Bertz CT molecular complexity index is 284. The average molecular weight is 215 g/mol. The summed E-state index contributed by atoms with van der Waals surface area (Å²) in [6.45, 7) is 1.74. The Kier molecular flexibility index (Phi) is 4.22. The highest BCUT2D eigenvalue weighted by molar-refractivity contribution is 7.99. The SMILES string of the molecule is CC(O)CCSc1cc(N)cc(F)c1. The van der Waals surface area contributed by atoms with E-state index in [2.05, 4.69) is 0 Å².